The second kappa shape index (κ2) is 5.02. The fourth-order valence-corrected chi connectivity index (χ4v) is 4.10. The molecule has 1 amide bonds. The highest BCUT2D eigenvalue weighted by Gasteiger charge is 2.27. The number of aliphatic hydroxyl groups is 1. The zero-order valence-electron chi connectivity index (χ0n) is 10.5. The summed E-state index contributed by atoms with van der Waals surface area (Å²) < 4.78 is 0. The molecule has 0 saturated carbocycles. The number of carbonyl (C=O) groups is 1. The topological polar surface area (TPSA) is 40.5 Å². The molecule has 0 spiro atoms. The minimum atomic E-state index is -0.336. The number of carbonyl (C=O) groups excluding carboxylic acids is 1. The third-order valence-corrected chi connectivity index (χ3v) is 5.06. The molecule has 2 heterocycles. The van der Waals surface area contributed by atoms with E-state index < -0.39 is 0 Å². The van der Waals surface area contributed by atoms with E-state index in [0.29, 0.717) is 6.54 Å². The van der Waals surface area contributed by atoms with Crippen molar-refractivity contribution in [2.24, 2.45) is 0 Å². The average Bonchev–Trinajstić information content (AvgIpc) is 2.82. The number of fused-ring (bicyclic) bond motifs is 1. The molecule has 1 fully saturated rings. The molecule has 1 aliphatic heterocycles. The predicted octanol–water partition coefficient (Wildman–Crippen LogP) is 2.22. The van der Waals surface area contributed by atoms with Gasteiger partial charge in [0, 0.05) is 23.3 Å². The number of hydrogen-bond acceptors (Lipinski definition) is 3. The molecule has 1 atom stereocenters. The summed E-state index contributed by atoms with van der Waals surface area (Å²) in [5.41, 5.74) is 2.19. The lowest BCUT2D eigenvalue weighted by Crippen LogP contribution is -2.42. The van der Waals surface area contributed by atoms with Gasteiger partial charge in [-0.05, 0) is 44.1 Å². The zero-order valence-corrected chi connectivity index (χ0v) is 11.3. The number of likely N-dealkylation sites (tertiary alicyclic amines) is 1. The van der Waals surface area contributed by atoms with E-state index >= 15 is 0 Å². The molecule has 4 heteroatoms. The van der Waals surface area contributed by atoms with Crippen LogP contribution in [0.25, 0.3) is 0 Å². The van der Waals surface area contributed by atoms with Gasteiger partial charge in [-0.25, -0.2) is 0 Å². The monoisotopic (exact) mass is 265 g/mol. The van der Waals surface area contributed by atoms with Crippen LogP contribution in [0.4, 0.5) is 0 Å². The summed E-state index contributed by atoms with van der Waals surface area (Å²) in [6.07, 6.45) is 6.05. The van der Waals surface area contributed by atoms with Crippen molar-refractivity contribution in [3.8, 4) is 0 Å². The Morgan fingerprint density at radius 3 is 3.00 bits per heavy atom. The van der Waals surface area contributed by atoms with Crippen molar-refractivity contribution in [3.63, 3.8) is 0 Å². The number of hydrogen-bond donors (Lipinski definition) is 1. The van der Waals surface area contributed by atoms with Gasteiger partial charge in [-0.3, -0.25) is 4.79 Å². The summed E-state index contributed by atoms with van der Waals surface area (Å²) in [5.74, 6) is 0.133. The van der Waals surface area contributed by atoms with Gasteiger partial charge in [-0.15, -0.1) is 11.3 Å². The van der Waals surface area contributed by atoms with Crippen molar-refractivity contribution in [3.05, 3.63) is 21.4 Å². The van der Waals surface area contributed by atoms with Crippen molar-refractivity contribution in [1.29, 1.82) is 0 Å². The summed E-state index contributed by atoms with van der Waals surface area (Å²) in [6, 6.07) is 0. The smallest absolute Gasteiger partial charge is 0.255 e. The van der Waals surface area contributed by atoms with E-state index in [2.05, 4.69) is 0 Å². The van der Waals surface area contributed by atoms with Crippen molar-refractivity contribution in [2.75, 3.05) is 13.1 Å². The molecule has 1 saturated heterocycles. The predicted molar refractivity (Wildman–Crippen MR) is 72.1 cm³/mol. The minimum Gasteiger partial charge on any atom is -0.391 e. The lowest BCUT2D eigenvalue weighted by atomic mass is 9.95. The van der Waals surface area contributed by atoms with Crippen molar-refractivity contribution in [2.45, 2.75) is 44.6 Å². The van der Waals surface area contributed by atoms with Gasteiger partial charge in [-0.2, -0.15) is 0 Å². The van der Waals surface area contributed by atoms with Gasteiger partial charge in [0.05, 0.1) is 11.7 Å². The number of β-amino-alcohol motifs (C(OH)–C–C–N with tert-alkyl or cyclic N) is 1. The molecule has 1 N–H and O–H groups in total. The van der Waals surface area contributed by atoms with Gasteiger partial charge in [-0.1, -0.05) is 0 Å². The van der Waals surface area contributed by atoms with Crippen LogP contribution >= 0.6 is 11.3 Å². The second-order valence-electron chi connectivity index (χ2n) is 5.31. The van der Waals surface area contributed by atoms with E-state index in [0.717, 1.165) is 37.8 Å². The maximum absolute atomic E-state index is 12.5. The largest absolute Gasteiger partial charge is 0.391 e. The molecule has 2 aliphatic rings. The fourth-order valence-electron chi connectivity index (χ4n) is 2.98. The molecular formula is C14H19NO2S. The molecule has 1 aromatic rings. The van der Waals surface area contributed by atoms with E-state index in [1.54, 1.807) is 11.3 Å². The van der Waals surface area contributed by atoms with Crippen molar-refractivity contribution < 1.29 is 9.90 Å². The number of amides is 1. The summed E-state index contributed by atoms with van der Waals surface area (Å²) >= 11 is 1.74. The Morgan fingerprint density at radius 2 is 2.17 bits per heavy atom. The molecule has 3 rings (SSSR count). The summed E-state index contributed by atoms with van der Waals surface area (Å²) in [4.78, 5) is 15.7. The molecule has 0 aromatic carbocycles. The van der Waals surface area contributed by atoms with E-state index in [4.69, 9.17) is 0 Å². The Morgan fingerprint density at radius 1 is 1.33 bits per heavy atom. The van der Waals surface area contributed by atoms with E-state index in [1.165, 1.54) is 23.3 Å². The van der Waals surface area contributed by atoms with Crippen LogP contribution in [-0.4, -0.2) is 35.1 Å². The third-order valence-electron chi connectivity index (χ3n) is 3.98. The number of thiophene rings is 1. The van der Waals surface area contributed by atoms with Gasteiger partial charge < -0.3 is 10.0 Å². The van der Waals surface area contributed by atoms with E-state index in [1.807, 2.05) is 10.3 Å². The summed E-state index contributed by atoms with van der Waals surface area (Å²) in [5, 5.41) is 11.7. The molecule has 1 unspecified atom stereocenters. The summed E-state index contributed by atoms with van der Waals surface area (Å²) in [7, 11) is 0. The average molecular weight is 265 g/mol. The Hall–Kier alpha value is -0.870. The molecule has 0 bridgehead atoms. The van der Waals surface area contributed by atoms with Gasteiger partial charge in [0.2, 0.25) is 0 Å². The van der Waals surface area contributed by atoms with Crippen LogP contribution in [0.1, 0.15) is 46.5 Å². The molecule has 3 nitrogen and oxygen atoms in total. The first-order valence-electron chi connectivity index (χ1n) is 6.82. The first-order valence-corrected chi connectivity index (χ1v) is 7.70. The quantitative estimate of drug-likeness (QED) is 0.846. The SMILES string of the molecule is O=C(c1csc2c1CCCC2)N1CCCC(O)C1. The molecule has 1 aliphatic carbocycles. The van der Waals surface area contributed by atoms with Gasteiger partial charge in [0.1, 0.15) is 0 Å². The Labute approximate surface area is 111 Å². The first kappa shape index (κ1) is 12.2. The lowest BCUT2D eigenvalue weighted by molar-refractivity contribution is 0.0473. The van der Waals surface area contributed by atoms with E-state index in [-0.39, 0.29) is 12.0 Å². The van der Waals surface area contributed by atoms with Gasteiger partial charge in [0.25, 0.3) is 5.91 Å². The molecule has 1 aromatic heterocycles. The van der Waals surface area contributed by atoms with Crippen LogP contribution in [0, 0.1) is 0 Å². The highest BCUT2D eigenvalue weighted by Crippen LogP contribution is 2.31. The maximum atomic E-state index is 12.5. The number of rotatable bonds is 1. The molecule has 18 heavy (non-hydrogen) atoms. The van der Waals surface area contributed by atoms with Crippen LogP contribution in [0.2, 0.25) is 0 Å². The first-order chi connectivity index (χ1) is 8.75. The molecular weight excluding hydrogens is 246 g/mol. The Kier molecular flexibility index (Phi) is 3.39. The highest BCUT2D eigenvalue weighted by atomic mass is 32.1. The molecule has 98 valence electrons. The van der Waals surface area contributed by atoms with E-state index in [9.17, 15) is 9.90 Å². The number of nitrogens with zero attached hydrogens (tertiary/aromatic N) is 1. The van der Waals surface area contributed by atoms with Crippen molar-refractivity contribution >= 4 is 17.2 Å². The summed E-state index contributed by atoms with van der Waals surface area (Å²) in [6.45, 7) is 1.30. The van der Waals surface area contributed by atoms with Gasteiger partial charge in [0.15, 0.2) is 0 Å². The second-order valence-corrected chi connectivity index (χ2v) is 6.27. The van der Waals surface area contributed by atoms with Crippen LogP contribution in [0.5, 0.6) is 0 Å². The van der Waals surface area contributed by atoms with Crippen LogP contribution < -0.4 is 0 Å². The Bertz CT molecular complexity index is 455. The molecule has 0 radical (unpaired) electrons. The Balaban J connectivity index is 1.81. The van der Waals surface area contributed by atoms with Gasteiger partial charge >= 0.3 is 0 Å². The maximum Gasteiger partial charge on any atom is 0.255 e. The van der Waals surface area contributed by atoms with Crippen LogP contribution in [0.15, 0.2) is 5.38 Å². The third kappa shape index (κ3) is 2.19. The van der Waals surface area contributed by atoms with Crippen molar-refractivity contribution in [1.82, 2.24) is 4.90 Å². The number of piperidine rings is 1. The minimum absolute atomic E-state index is 0.133. The number of aliphatic hydroxyl groups excluding tert-OH is 1. The van der Waals surface area contributed by atoms with Crippen LogP contribution in [-0.2, 0) is 12.8 Å². The highest BCUT2D eigenvalue weighted by molar-refractivity contribution is 7.10. The standard InChI is InChI=1S/C14H19NO2S/c16-10-4-3-7-15(8-10)14(17)12-9-18-13-6-2-1-5-11(12)13/h9-10,16H,1-8H2. The normalized spacial score (nSPS) is 23.8. The zero-order chi connectivity index (χ0) is 12.5. The fraction of sp³-hybridized carbons (Fsp3) is 0.643. The lowest BCUT2D eigenvalue weighted by Gasteiger charge is -2.30. The number of aryl methyl sites for hydroxylation is 1. The van der Waals surface area contributed by atoms with Crippen LogP contribution in [0.3, 0.4) is 0 Å².